The van der Waals surface area contributed by atoms with Gasteiger partial charge in [-0.2, -0.15) is 18.6 Å². The van der Waals surface area contributed by atoms with Crippen LogP contribution in [0.15, 0.2) is 52.7 Å². The highest BCUT2D eigenvalue weighted by Crippen LogP contribution is 2.31. The Morgan fingerprint density at radius 1 is 1.00 bits per heavy atom. The summed E-state index contributed by atoms with van der Waals surface area (Å²) in [6.07, 6.45) is 0. The Balaban J connectivity index is 2.21. The summed E-state index contributed by atoms with van der Waals surface area (Å²) in [6.45, 7) is 0. The second kappa shape index (κ2) is 6.38. The van der Waals surface area contributed by atoms with E-state index in [1.54, 1.807) is 24.3 Å². The molecule has 0 saturated heterocycles. The van der Waals surface area contributed by atoms with Crippen molar-refractivity contribution in [3.63, 3.8) is 0 Å². The molecule has 9 heteroatoms. The van der Waals surface area contributed by atoms with Crippen molar-refractivity contribution in [2.45, 2.75) is 0 Å². The second-order valence-electron chi connectivity index (χ2n) is 3.77. The van der Waals surface area contributed by atoms with Crippen LogP contribution in [0.4, 0.5) is 15.3 Å². The molecular weight excluding hydrogens is 342 g/mol. The van der Waals surface area contributed by atoms with Gasteiger partial charge in [-0.1, -0.05) is 33.2 Å². The molecule has 0 unspecified atom stereocenters. The molecule has 0 aliphatic rings. The van der Waals surface area contributed by atoms with Crippen molar-refractivity contribution in [1.29, 1.82) is 0 Å². The molecule has 0 aliphatic heterocycles. The molecule has 21 heavy (non-hydrogen) atoms. The maximum atomic E-state index is 12.4. The number of azo groups is 1. The Bertz CT molecular complexity index is 797. The summed E-state index contributed by atoms with van der Waals surface area (Å²) in [5.41, 5.74) is 0.869. The van der Waals surface area contributed by atoms with Crippen LogP contribution in [0.1, 0.15) is 0 Å². The summed E-state index contributed by atoms with van der Waals surface area (Å²) in [5.74, 6) is -0.333. The Morgan fingerprint density at radius 2 is 1.67 bits per heavy atom. The summed E-state index contributed by atoms with van der Waals surface area (Å²) in [7, 11) is -5.13. The highest BCUT2D eigenvalue weighted by Gasteiger charge is 2.13. The van der Waals surface area contributed by atoms with Crippen molar-refractivity contribution in [3.8, 4) is 5.75 Å². The van der Waals surface area contributed by atoms with Gasteiger partial charge in [0.25, 0.3) is 0 Å². The largest absolute Gasteiger partial charge is 0.488 e. The van der Waals surface area contributed by atoms with Crippen LogP contribution in [0.2, 0.25) is 10.0 Å². The Hall–Kier alpha value is -1.70. The minimum Gasteiger partial charge on any atom is -0.357 e. The molecule has 0 N–H and O–H groups in total. The molecule has 2 aromatic carbocycles. The van der Waals surface area contributed by atoms with Crippen molar-refractivity contribution in [3.05, 3.63) is 52.5 Å². The van der Waals surface area contributed by atoms with Crippen LogP contribution in [-0.4, -0.2) is 8.42 Å². The minimum absolute atomic E-state index is 0.112. The number of halogens is 3. The topological polar surface area (TPSA) is 68.1 Å². The summed E-state index contributed by atoms with van der Waals surface area (Å²) < 4.78 is 37.2. The molecule has 0 radical (unpaired) electrons. The molecule has 5 nitrogen and oxygen atoms in total. The summed E-state index contributed by atoms with van der Waals surface area (Å²) in [5, 5.41) is 8.23. The highest BCUT2D eigenvalue weighted by atomic mass is 35.5. The molecule has 0 saturated carbocycles. The van der Waals surface area contributed by atoms with Crippen molar-refractivity contribution >= 4 is 45.1 Å². The lowest BCUT2D eigenvalue weighted by atomic mass is 10.3. The van der Waals surface area contributed by atoms with E-state index in [2.05, 4.69) is 14.4 Å². The minimum atomic E-state index is -5.13. The molecule has 0 amide bonds. The summed E-state index contributed by atoms with van der Waals surface area (Å²) in [6, 6.07) is 10.6. The predicted octanol–water partition coefficient (Wildman–Crippen LogP) is 5.00. The van der Waals surface area contributed by atoms with E-state index in [1.165, 1.54) is 18.2 Å². The SMILES string of the molecule is O=S(=O)(F)Oc1ccc(N=Nc2cccc(Cl)c2)cc1Cl. The van der Waals surface area contributed by atoms with Gasteiger partial charge in [-0.3, -0.25) is 0 Å². The monoisotopic (exact) mass is 348 g/mol. The second-order valence-corrected chi connectivity index (χ2v) is 5.57. The van der Waals surface area contributed by atoms with Gasteiger partial charge in [-0.15, -0.1) is 0 Å². The van der Waals surface area contributed by atoms with Gasteiger partial charge >= 0.3 is 10.5 Å². The van der Waals surface area contributed by atoms with Gasteiger partial charge in [0.05, 0.1) is 16.4 Å². The average molecular weight is 349 g/mol. The Morgan fingerprint density at radius 3 is 2.24 bits per heavy atom. The molecule has 2 rings (SSSR count). The standard InChI is InChI=1S/C12H7Cl2FN2O3S/c13-8-2-1-3-9(6-8)16-17-10-4-5-12(11(14)7-10)20-21(15,18)19/h1-7H. The smallest absolute Gasteiger partial charge is 0.357 e. The molecule has 0 spiro atoms. The molecule has 110 valence electrons. The van der Waals surface area contributed by atoms with Crippen LogP contribution in [0, 0.1) is 0 Å². The van der Waals surface area contributed by atoms with Gasteiger partial charge in [-0.25, -0.2) is 0 Å². The molecule has 0 atom stereocenters. The molecule has 0 bridgehead atoms. The van der Waals surface area contributed by atoms with Gasteiger partial charge in [0.15, 0.2) is 5.75 Å². The molecule has 2 aromatic rings. The van der Waals surface area contributed by atoms with Gasteiger partial charge in [0.2, 0.25) is 0 Å². The van der Waals surface area contributed by atoms with Crippen molar-refractivity contribution in [2.75, 3.05) is 0 Å². The fourth-order valence-corrected chi connectivity index (χ4v) is 2.18. The zero-order valence-electron chi connectivity index (χ0n) is 10.2. The van der Waals surface area contributed by atoms with E-state index in [0.29, 0.717) is 16.4 Å². The fourth-order valence-electron chi connectivity index (χ4n) is 1.38. The average Bonchev–Trinajstić information content (AvgIpc) is 2.38. The number of rotatable bonds is 4. The van der Waals surface area contributed by atoms with E-state index < -0.39 is 10.5 Å². The van der Waals surface area contributed by atoms with Crippen LogP contribution < -0.4 is 4.18 Å². The summed E-state index contributed by atoms with van der Waals surface area (Å²) >= 11 is 11.6. The van der Waals surface area contributed by atoms with Gasteiger partial charge in [-0.05, 0) is 36.4 Å². The first-order valence-corrected chi connectivity index (χ1v) is 7.51. The van der Waals surface area contributed by atoms with Gasteiger partial charge in [0.1, 0.15) is 0 Å². The zero-order valence-corrected chi connectivity index (χ0v) is 12.5. The van der Waals surface area contributed by atoms with E-state index >= 15 is 0 Å². The predicted molar refractivity (Wildman–Crippen MR) is 77.7 cm³/mol. The normalized spacial score (nSPS) is 11.8. The van der Waals surface area contributed by atoms with Gasteiger partial charge < -0.3 is 4.18 Å². The molecule has 0 fully saturated rings. The Kier molecular flexibility index (Phi) is 4.76. The van der Waals surface area contributed by atoms with E-state index in [1.807, 2.05) is 0 Å². The van der Waals surface area contributed by atoms with Crippen molar-refractivity contribution in [1.82, 2.24) is 0 Å². The number of benzene rings is 2. The van der Waals surface area contributed by atoms with Crippen molar-refractivity contribution < 1.29 is 16.5 Å². The van der Waals surface area contributed by atoms with Crippen LogP contribution in [0.25, 0.3) is 0 Å². The maximum absolute atomic E-state index is 12.4. The fraction of sp³-hybridized carbons (Fsp3) is 0. The quantitative estimate of drug-likeness (QED) is 0.576. The van der Waals surface area contributed by atoms with Crippen LogP contribution in [0.3, 0.4) is 0 Å². The number of hydrogen-bond acceptors (Lipinski definition) is 5. The maximum Gasteiger partial charge on any atom is 0.488 e. The first-order chi connectivity index (χ1) is 9.83. The lowest BCUT2D eigenvalue weighted by Gasteiger charge is -2.02. The molecular formula is C12H7Cl2FN2O3S. The molecule has 0 heterocycles. The summed E-state index contributed by atoms with van der Waals surface area (Å²) in [4.78, 5) is 0. The Labute approximate surface area is 130 Å². The van der Waals surface area contributed by atoms with Crippen LogP contribution >= 0.6 is 23.2 Å². The van der Waals surface area contributed by atoms with E-state index in [9.17, 15) is 12.3 Å². The third-order valence-electron chi connectivity index (χ3n) is 2.19. The number of hydrogen-bond donors (Lipinski definition) is 0. The molecule has 0 aromatic heterocycles. The third kappa shape index (κ3) is 4.96. The zero-order chi connectivity index (χ0) is 15.5. The first kappa shape index (κ1) is 15.7. The van der Waals surface area contributed by atoms with Crippen LogP contribution in [-0.2, 0) is 10.5 Å². The van der Waals surface area contributed by atoms with Crippen LogP contribution in [0.5, 0.6) is 5.75 Å². The lowest BCUT2D eigenvalue weighted by molar-refractivity contribution is 0.440. The highest BCUT2D eigenvalue weighted by molar-refractivity contribution is 7.81. The van der Waals surface area contributed by atoms with E-state index in [-0.39, 0.29) is 10.8 Å². The molecule has 0 aliphatic carbocycles. The van der Waals surface area contributed by atoms with Crippen molar-refractivity contribution in [2.24, 2.45) is 10.2 Å². The third-order valence-corrected chi connectivity index (χ3v) is 3.10. The number of nitrogens with zero attached hydrogens (tertiary/aromatic N) is 2. The van der Waals surface area contributed by atoms with E-state index in [4.69, 9.17) is 23.2 Å². The van der Waals surface area contributed by atoms with Gasteiger partial charge in [0, 0.05) is 5.02 Å². The first-order valence-electron chi connectivity index (χ1n) is 5.44. The lowest BCUT2D eigenvalue weighted by Crippen LogP contribution is -2.01. The van der Waals surface area contributed by atoms with E-state index in [0.717, 1.165) is 0 Å².